The number of carbonyl (C=O) groups is 3. The van der Waals surface area contributed by atoms with Crippen molar-refractivity contribution < 1.29 is 23.9 Å². The smallest absolute Gasteiger partial charge is 0.325 e. The van der Waals surface area contributed by atoms with E-state index >= 15 is 0 Å². The van der Waals surface area contributed by atoms with Crippen molar-refractivity contribution in [2.75, 3.05) is 31.2 Å². The molecule has 0 unspecified atom stereocenters. The van der Waals surface area contributed by atoms with E-state index in [0.717, 1.165) is 29.7 Å². The lowest BCUT2D eigenvalue weighted by molar-refractivity contribution is -0.135. The van der Waals surface area contributed by atoms with Gasteiger partial charge in [0.2, 0.25) is 5.91 Å². The van der Waals surface area contributed by atoms with Gasteiger partial charge in [-0.05, 0) is 30.5 Å². The van der Waals surface area contributed by atoms with Crippen LogP contribution in [0, 0.1) is 0 Å². The van der Waals surface area contributed by atoms with E-state index in [-0.39, 0.29) is 24.9 Å². The van der Waals surface area contributed by atoms with E-state index in [1.165, 1.54) is 0 Å². The van der Waals surface area contributed by atoms with Crippen LogP contribution in [0.4, 0.5) is 10.5 Å². The number of imide groups is 1. The molecule has 0 radical (unpaired) electrons. The number of anilines is 1. The Morgan fingerprint density at radius 2 is 1.74 bits per heavy atom. The molecule has 0 atom stereocenters. The van der Waals surface area contributed by atoms with Crippen LogP contribution >= 0.6 is 0 Å². The Kier molecular flexibility index (Phi) is 6.44. The van der Waals surface area contributed by atoms with Gasteiger partial charge in [-0.2, -0.15) is 0 Å². The molecule has 3 aliphatic rings. The monoisotopic (exact) mass is 475 g/mol. The highest BCUT2D eigenvalue weighted by Gasteiger charge is 2.51. The topological polar surface area (TPSA) is 88.2 Å². The normalized spacial score (nSPS) is 18.7. The van der Waals surface area contributed by atoms with Crippen molar-refractivity contribution in [3.05, 3.63) is 60.2 Å². The third-order valence-electron chi connectivity index (χ3n) is 6.78. The highest BCUT2D eigenvalue weighted by molar-refractivity contribution is 6.10. The van der Waals surface area contributed by atoms with Crippen LogP contribution in [0.25, 0.3) is 6.08 Å². The number of nitrogens with zero attached hydrogens (tertiary/aromatic N) is 2. The maximum Gasteiger partial charge on any atom is 0.325 e. The van der Waals surface area contributed by atoms with E-state index in [1.807, 2.05) is 42.5 Å². The van der Waals surface area contributed by atoms with Crippen LogP contribution in [0.3, 0.4) is 0 Å². The van der Waals surface area contributed by atoms with Crippen LogP contribution in [-0.4, -0.2) is 54.6 Å². The maximum atomic E-state index is 13.5. The maximum absolute atomic E-state index is 13.5. The molecule has 2 aliphatic heterocycles. The summed E-state index contributed by atoms with van der Waals surface area (Å²) in [7, 11) is 0. The number of ether oxygens (including phenoxy) is 2. The standard InChI is InChI=1S/C27H29N3O5/c31-24(19-30-25(32)27(28-26(30)33)13-5-2-6-14-27)29(15-7-10-20-8-3-1-4-9-20)21-11-12-22-23(18-21)35-17-16-34-22/h1,3-4,7-12,18H,2,5-6,13-17,19H2,(H,28,33)/b10-7+. The first kappa shape index (κ1) is 23.0. The fourth-order valence-electron chi connectivity index (χ4n) is 4.94. The Hall–Kier alpha value is -3.81. The first-order chi connectivity index (χ1) is 17.1. The zero-order valence-corrected chi connectivity index (χ0v) is 19.6. The molecular weight excluding hydrogens is 446 g/mol. The number of rotatable bonds is 6. The van der Waals surface area contributed by atoms with E-state index in [9.17, 15) is 14.4 Å². The zero-order chi connectivity index (χ0) is 24.3. The molecule has 8 nitrogen and oxygen atoms in total. The summed E-state index contributed by atoms with van der Waals surface area (Å²) in [6.07, 6.45) is 7.89. The summed E-state index contributed by atoms with van der Waals surface area (Å²) < 4.78 is 11.3. The van der Waals surface area contributed by atoms with E-state index in [1.54, 1.807) is 23.1 Å². The van der Waals surface area contributed by atoms with Crippen LogP contribution in [0.2, 0.25) is 0 Å². The lowest BCUT2D eigenvalue weighted by atomic mass is 9.82. The number of nitrogens with one attached hydrogen (secondary N) is 1. The first-order valence-electron chi connectivity index (χ1n) is 12.1. The molecule has 2 aromatic rings. The summed E-state index contributed by atoms with van der Waals surface area (Å²) in [5, 5.41) is 2.87. The molecular formula is C27H29N3O5. The van der Waals surface area contributed by atoms with Crippen molar-refractivity contribution >= 4 is 29.6 Å². The molecule has 1 saturated heterocycles. The Labute approximate surface area is 204 Å². The van der Waals surface area contributed by atoms with Gasteiger partial charge in [-0.3, -0.25) is 14.5 Å². The lowest BCUT2D eigenvalue weighted by Crippen LogP contribution is -2.49. The molecule has 0 bridgehead atoms. The van der Waals surface area contributed by atoms with Gasteiger partial charge in [0.25, 0.3) is 5.91 Å². The Morgan fingerprint density at radius 3 is 2.51 bits per heavy atom. The van der Waals surface area contributed by atoms with Gasteiger partial charge in [-0.1, -0.05) is 61.7 Å². The number of urea groups is 1. The lowest BCUT2D eigenvalue weighted by Gasteiger charge is -2.30. The Morgan fingerprint density at radius 1 is 1.00 bits per heavy atom. The summed E-state index contributed by atoms with van der Waals surface area (Å²) in [4.78, 5) is 42.1. The second-order valence-corrected chi connectivity index (χ2v) is 9.11. The molecule has 182 valence electrons. The fraction of sp³-hybridized carbons (Fsp3) is 0.370. The molecule has 2 fully saturated rings. The number of hydrogen-bond donors (Lipinski definition) is 1. The number of amides is 4. The van der Waals surface area contributed by atoms with Gasteiger partial charge in [0.15, 0.2) is 11.5 Å². The minimum Gasteiger partial charge on any atom is -0.486 e. The first-order valence-corrected chi connectivity index (χ1v) is 12.1. The molecule has 1 spiro atoms. The van der Waals surface area contributed by atoms with Crippen LogP contribution in [0.15, 0.2) is 54.6 Å². The van der Waals surface area contributed by atoms with Crippen molar-refractivity contribution in [1.82, 2.24) is 10.2 Å². The molecule has 1 saturated carbocycles. The minimum atomic E-state index is -0.856. The molecule has 35 heavy (non-hydrogen) atoms. The van der Waals surface area contributed by atoms with Crippen molar-refractivity contribution in [2.24, 2.45) is 0 Å². The molecule has 0 aromatic heterocycles. The van der Waals surface area contributed by atoms with Gasteiger partial charge < -0.3 is 19.7 Å². The predicted molar refractivity (Wildman–Crippen MR) is 131 cm³/mol. The Balaban J connectivity index is 1.37. The summed E-state index contributed by atoms with van der Waals surface area (Å²) in [6.45, 7) is 0.855. The van der Waals surface area contributed by atoms with Crippen molar-refractivity contribution in [3.8, 4) is 11.5 Å². The molecule has 4 amide bonds. The third-order valence-corrected chi connectivity index (χ3v) is 6.78. The van der Waals surface area contributed by atoms with Gasteiger partial charge in [0, 0.05) is 18.3 Å². The zero-order valence-electron chi connectivity index (χ0n) is 19.6. The molecule has 2 aromatic carbocycles. The highest BCUT2D eigenvalue weighted by Crippen LogP contribution is 2.35. The minimum absolute atomic E-state index is 0.266. The van der Waals surface area contributed by atoms with E-state index in [4.69, 9.17) is 9.47 Å². The van der Waals surface area contributed by atoms with E-state index in [2.05, 4.69) is 5.32 Å². The third kappa shape index (κ3) is 4.73. The Bertz CT molecular complexity index is 1140. The number of benzene rings is 2. The largest absolute Gasteiger partial charge is 0.486 e. The summed E-state index contributed by atoms with van der Waals surface area (Å²) in [5.41, 5.74) is 0.761. The quantitative estimate of drug-likeness (QED) is 0.643. The highest BCUT2D eigenvalue weighted by atomic mass is 16.6. The van der Waals surface area contributed by atoms with E-state index < -0.39 is 11.6 Å². The average Bonchev–Trinajstić information content (AvgIpc) is 3.11. The van der Waals surface area contributed by atoms with E-state index in [0.29, 0.717) is 43.2 Å². The van der Waals surface area contributed by atoms with Crippen LogP contribution in [0.1, 0.15) is 37.7 Å². The molecule has 1 aliphatic carbocycles. The predicted octanol–water partition coefficient (Wildman–Crippen LogP) is 3.76. The number of carbonyl (C=O) groups excluding carboxylic acids is 3. The average molecular weight is 476 g/mol. The van der Waals surface area contributed by atoms with Crippen molar-refractivity contribution in [2.45, 2.75) is 37.6 Å². The molecule has 5 rings (SSSR count). The summed E-state index contributed by atoms with van der Waals surface area (Å²) in [5.74, 6) is 0.545. The number of fused-ring (bicyclic) bond motifs is 1. The second-order valence-electron chi connectivity index (χ2n) is 9.11. The van der Waals surface area contributed by atoms with Gasteiger partial charge in [0.05, 0.1) is 0 Å². The van der Waals surface area contributed by atoms with Gasteiger partial charge >= 0.3 is 6.03 Å². The molecule has 8 heteroatoms. The van der Waals surface area contributed by atoms with Crippen LogP contribution in [-0.2, 0) is 9.59 Å². The van der Waals surface area contributed by atoms with Crippen LogP contribution in [0.5, 0.6) is 11.5 Å². The van der Waals surface area contributed by atoms with Gasteiger partial charge in [-0.15, -0.1) is 0 Å². The number of hydrogen-bond acceptors (Lipinski definition) is 5. The summed E-state index contributed by atoms with van der Waals surface area (Å²) >= 11 is 0. The van der Waals surface area contributed by atoms with Crippen molar-refractivity contribution in [1.29, 1.82) is 0 Å². The summed E-state index contributed by atoms with van der Waals surface area (Å²) in [6, 6.07) is 14.6. The fourth-order valence-corrected chi connectivity index (χ4v) is 4.94. The van der Waals surface area contributed by atoms with Crippen LogP contribution < -0.4 is 19.7 Å². The molecule has 2 heterocycles. The van der Waals surface area contributed by atoms with Gasteiger partial charge in [-0.25, -0.2) is 4.79 Å². The van der Waals surface area contributed by atoms with Gasteiger partial charge in [0.1, 0.15) is 25.3 Å². The SMILES string of the molecule is O=C1NC2(CCCCC2)C(=O)N1CC(=O)N(C/C=C/c1ccccc1)c1ccc2c(c1)OCCO2. The van der Waals surface area contributed by atoms with Crippen molar-refractivity contribution in [3.63, 3.8) is 0 Å². The molecule has 1 N–H and O–H groups in total. The second kappa shape index (κ2) is 9.82.